The van der Waals surface area contributed by atoms with Gasteiger partial charge in [-0.3, -0.25) is 4.79 Å². The molecule has 1 aromatic carbocycles. The van der Waals surface area contributed by atoms with E-state index >= 15 is 0 Å². The number of rotatable bonds is 1. The van der Waals surface area contributed by atoms with Gasteiger partial charge in [0, 0.05) is 7.05 Å². The van der Waals surface area contributed by atoms with Crippen molar-refractivity contribution >= 4 is 11.6 Å². The van der Waals surface area contributed by atoms with Crippen molar-refractivity contribution in [1.82, 2.24) is 0 Å². The Morgan fingerprint density at radius 3 is 2.33 bits per heavy atom. The molecule has 0 spiro atoms. The zero-order valence-corrected chi connectivity index (χ0v) is 12.1. The van der Waals surface area contributed by atoms with Crippen molar-refractivity contribution in [2.75, 3.05) is 11.9 Å². The van der Waals surface area contributed by atoms with Crippen LogP contribution < -0.4 is 4.90 Å². The van der Waals surface area contributed by atoms with Crippen molar-refractivity contribution in [3.05, 3.63) is 29.1 Å². The second kappa shape index (κ2) is 5.09. The first-order valence-corrected chi connectivity index (χ1v) is 6.51. The number of carbonyl (C=O) groups excluding carboxylic acids is 1. The normalized spacial score (nSPS) is 16.2. The quantitative estimate of drug-likeness (QED) is 0.745. The first-order chi connectivity index (χ1) is 8.41. The number of aryl methyl sites for hydroxylation is 1. The fourth-order valence-corrected chi connectivity index (χ4v) is 2.35. The van der Waals surface area contributed by atoms with Gasteiger partial charge in [0.05, 0.1) is 11.1 Å². The summed E-state index contributed by atoms with van der Waals surface area (Å²) in [4.78, 5) is 13.4. The Hall–Kier alpha value is -1.38. The van der Waals surface area contributed by atoms with Crippen molar-refractivity contribution in [3.8, 4) is 0 Å². The fraction of sp³-hybridized carbons (Fsp3) is 0.533. The smallest absolute Gasteiger partial charge is 0.236 e. The molecule has 0 bridgehead atoms. The third-order valence-electron chi connectivity index (χ3n) is 3.43. The lowest BCUT2D eigenvalue weighted by molar-refractivity contribution is -0.121. The Morgan fingerprint density at radius 1 is 1.28 bits per heavy atom. The molecule has 0 saturated heterocycles. The Labute approximate surface area is 109 Å². The first kappa shape index (κ1) is 14.7. The van der Waals surface area contributed by atoms with E-state index in [-0.39, 0.29) is 11.7 Å². The molecule has 18 heavy (non-hydrogen) atoms. The number of amides is 1. The minimum Gasteiger partial charge on any atom is -0.312 e. The molecule has 0 aromatic heterocycles. The number of carbonyl (C=O) groups is 1. The summed E-state index contributed by atoms with van der Waals surface area (Å²) in [6, 6.07) is 3.65. The number of halogens is 1. The molecule has 0 N–H and O–H groups in total. The molecule has 0 radical (unpaired) electrons. The number of likely N-dealkylation sites (N-methyl/N-ethyl adjacent to an activating group) is 1. The predicted molar refractivity (Wildman–Crippen MR) is 73.6 cm³/mol. The van der Waals surface area contributed by atoms with Gasteiger partial charge in [0.15, 0.2) is 0 Å². The molecule has 0 saturated carbocycles. The minimum atomic E-state index is -0.614. The van der Waals surface area contributed by atoms with E-state index in [1.54, 1.807) is 13.1 Å². The molecule has 1 aromatic rings. The van der Waals surface area contributed by atoms with Crippen molar-refractivity contribution in [2.45, 2.75) is 46.5 Å². The van der Waals surface area contributed by atoms with Crippen LogP contribution in [-0.2, 0) is 16.6 Å². The van der Waals surface area contributed by atoms with Crippen LogP contribution in [0.2, 0.25) is 0 Å². The van der Waals surface area contributed by atoms with Gasteiger partial charge in [0.2, 0.25) is 5.91 Å². The van der Waals surface area contributed by atoms with Crippen LogP contribution in [0.25, 0.3) is 0 Å². The molecule has 0 fully saturated rings. The van der Waals surface area contributed by atoms with Crippen LogP contribution in [0, 0.1) is 5.82 Å². The van der Waals surface area contributed by atoms with Gasteiger partial charge in [-0.25, -0.2) is 4.39 Å². The van der Waals surface area contributed by atoms with Crippen LogP contribution in [0.3, 0.4) is 0 Å². The average Bonchev–Trinajstić information content (AvgIpc) is 2.54. The molecule has 1 heterocycles. The van der Waals surface area contributed by atoms with E-state index in [2.05, 4.69) is 0 Å². The van der Waals surface area contributed by atoms with Gasteiger partial charge in [-0.05, 0) is 31.4 Å². The molecule has 1 aliphatic rings. The molecule has 0 unspecified atom stereocenters. The van der Waals surface area contributed by atoms with Crippen LogP contribution in [0.4, 0.5) is 10.1 Å². The van der Waals surface area contributed by atoms with Crippen molar-refractivity contribution in [3.63, 3.8) is 0 Å². The lowest BCUT2D eigenvalue weighted by atomic mass is 9.85. The number of hydrogen-bond donors (Lipinski definition) is 0. The summed E-state index contributed by atoms with van der Waals surface area (Å²) < 4.78 is 14.1. The Morgan fingerprint density at radius 2 is 1.83 bits per heavy atom. The maximum atomic E-state index is 14.1. The Bertz CT molecular complexity index is 466. The zero-order valence-electron chi connectivity index (χ0n) is 12.1. The number of nitrogens with zero attached hydrogens (tertiary/aromatic N) is 1. The summed E-state index contributed by atoms with van der Waals surface area (Å²) >= 11 is 0. The molecule has 1 aliphatic heterocycles. The lowest BCUT2D eigenvalue weighted by Gasteiger charge is -2.16. The second-order valence-electron chi connectivity index (χ2n) is 4.78. The van der Waals surface area contributed by atoms with Gasteiger partial charge >= 0.3 is 0 Å². The third kappa shape index (κ3) is 1.92. The van der Waals surface area contributed by atoms with Crippen molar-refractivity contribution in [2.24, 2.45) is 0 Å². The maximum absolute atomic E-state index is 14.1. The van der Waals surface area contributed by atoms with Crippen LogP contribution in [-0.4, -0.2) is 13.0 Å². The second-order valence-corrected chi connectivity index (χ2v) is 4.78. The summed E-state index contributed by atoms with van der Waals surface area (Å²) in [5, 5.41) is 0. The van der Waals surface area contributed by atoms with E-state index in [4.69, 9.17) is 0 Å². The largest absolute Gasteiger partial charge is 0.312 e. The highest BCUT2D eigenvalue weighted by molar-refractivity contribution is 6.07. The molecular weight excluding hydrogens is 229 g/mol. The summed E-state index contributed by atoms with van der Waals surface area (Å²) in [5.74, 6) is -0.295. The van der Waals surface area contributed by atoms with Crippen LogP contribution in [0.1, 0.15) is 45.7 Å². The number of hydrogen-bond acceptors (Lipinski definition) is 1. The van der Waals surface area contributed by atoms with Crippen molar-refractivity contribution in [1.29, 1.82) is 0 Å². The molecule has 0 atom stereocenters. The summed E-state index contributed by atoms with van der Waals surface area (Å²) in [6.07, 6.45) is 0.640. The van der Waals surface area contributed by atoms with Gasteiger partial charge in [0.1, 0.15) is 5.82 Å². The van der Waals surface area contributed by atoms with Gasteiger partial charge in [-0.15, -0.1) is 0 Å². The fourth-order valence-electron chi connectivity index (χ4n) is 2.35. The maximum Gasteiger partial charge on any atom is 0.236 e. The van der Waals surface area contributed by atoms with E-state index in [0.717, 1.165) is 5.56 Å². The van der Waals surface area contributed by atoms with E-state index in [1.165, 1.54) is 4.90 Å². The highest BCUT2D eigenvalue weighted by Crippen LogP contribution is 2.42. The zero-order chi connectivity index (χ0) is 14.1. The summed E-state index contributed by atoms with van der Waals surface area (Å²) in [7, 11) is 1.64. The Kier molecular flexibility index (Phi) is 4.15. The lowest BCUT2D eigenvalue weighted by Crippen LogP contribution is -2.33. The highest BCUT2D eigenvalue weighted by Gasteiger charge is 2.43. The highest BCUT2D eigenvalue weighted by atomic mass is 19.1. The van der Waals surface area contributed by atoms with Crippen molar-refractivity contribution < 1.29 is 9.18 Å². The van der Waals surface area contributed by atoms with Crippen LogP contribution >= 0.6 is 0 Å². The standard InChI is InChI=1S/C13H16FNO.C2H6/c1-5-8-6-7-9-11(10(8)14)15(4)12(16)13(9,2)3;1-2/h6-7H,5H2,1-4H3;1-2H3. The monoisotopic (exact) mass is 251 g/mol. The third-order valence-corrected chi connectivity index (χ3v) is 3.43. The first-order valence-electron chi connectivity index (χ1n) is 6.51. The molecule has 2 rings (SSSR count). The number of benzene rings is 1. The molecule has 1 amide bonds. The van der Waals surface area contributed by atoms with Gasteiger partial charge in [0.25, 0.3) is 0 Å². The molecule has 2 nitrogen and oxygen atoms in total. The van der Waals surface area contributed by atoms with E-state index in [0.29, 0.717) is 17.7 Å². The number of fused-ring (bicyclic) bond motifs is 1. The van der Waals surface area contributed by atoms with Gasteiger partial charge < -0.3 is 4.90 Å². The molecular formula is C15H22FNO. The van der Waals surface area contributed by atoms with Gasteiger partial charge in [-0.1, -0.05) is 32.9 Å². The van der Waals surface area contributed by atoms with E-state index in [9.17, 15) is 9.18 Å². The van der Waals surface area contributed by atoms with Crippen LogP contribution in [0.15, 0.2) is 12.1 Å². The minimum absolute atomic E-state index is 0.0466. The average molecular weight is 251 g/mol. The topological polar surface area (TPSA) is 20.3 Å². The van der Waals surface area contributed by atoms with E-state index < -0.39 is 5.41 Å². The predicted octanol–water partition coefficient (Wildman–Crippen LogP) is 3.67. The van der Waals surface area contributed by atoms with Crippen LogP contribution in [0.5, 0.6) is 0 Å². The molecule has 0 aliphatic carbocycles. The number of anilines is 1. The summed E-state index contributed by atoms with van der Waals surface area (Å²) in [5.41, 5.74) is 1.29. The summed E-state index contributed by atoms with van der Waals surface area (Å²) in [6.45, 7) is 9.58. The Balaban J connectivity index is 0.000000771. The van der Waals surface area contributed by atoms with E-state index in [1.807, 2.05) is 40.7 Å². The SMILES string of the molecule is CC.CCc1ccc2c(c1F)N(C)C(=O)C2(C)C. The molecule has 3 heteroatoms. The van der Waals surface area contributed by atoms with Gasteiger partial charge in [-0.2, -0.15) is 0 Å². The molecule has 100 valence electrons.